The number of benzene rings is 2. The Bertz CT molecular complexity index is 921. The monoisotopic (exact) mass is 406 g/mol. The van der Waals surface area contributed by atoms with Gasteiger partial charge in [0.15, 0.2) is 0 Å². The zero-order valence-corrected chi connectivity index (χ0v) is 16.0. The van der Waals surface area contributed by atoms with E-state index in [4.69, 9.17) is 16.3 Å². The van der Waals surface area contributed by atoms with Gasteiger partial charge in [0.2, 0.25) is 0 Å². The van der Waals surface area contributed by atoms with E-state index in [0.29, 0.717) is 17.7 Å². The lowest BCUT2D eigenvalue weighted by Gasteiger charge is -2.34. The number of hydrogen-bond acceptors (Lipinski definition) is 4. The van der Waals surface area contributed by atoms with Crippen LogP contribution in [0, 0.1) is 5.82 Å². The van der Waals surface area contributed by atoms with Gasteiger partial charge in [-0.25, -0.2) is 4.39 Å². The average Bonchev–Trinajstić information content (AvgIpc) is 2.68. The van der Waals surface area contributed by atoms with Crippen LogP contribution in [0.25, 0.3) is 0 Å². The molecule has 6 nitrogen and oxygen atoms in total. The maximum absolute atomic E-state index is 13.2. The van der Waals surface area contributed by atoms with E-state index in [-0.39, 0.29) is 17.3 Å². The molecule has 8 heteroatoms. The Labute approximate surface area is 166 Å². The summed E-state index contributed by atoms with van der Waals surface area (Å²) in [6, 6.07) is 8.99. The van der Waals surface area contributed by atoms with Crippen molar-refractivity contribution in [3.8, 4) is 5.75 Å². The zero-order valence-electron chi connectivity index (χ0n) is 15.2. The van der Waals surface area contributed by atoms with Crippen LogP contribution in [-0.4, -0.2) is 30.6 Å². The van der Waals surface area contributed by atoms with Crippen molar-refractivity contribution in [1.82, 2.24) is 5.32 Å². The summed E-state index contributed by atoms with van der Waals surface area (Å²) in [5.41, 5.74) is 0.591. The fraction of sp³-hybridized carbons (Fsp3) is 0.300. The molecule has 148 valence electrons. The molecule has 28 heavy (non-hydrogen) atoms. The molecule has 3 rings (SSSR count). The van der Waals surface area contributed by atoms with Crippen molar-refractivity contribution in [1.29, 1.82) is 0 Å². The Hall–Kier alpha value is -2.64. The number of carbonyl (C=O) groups excluding carboxylic acids is 2. The van der Waals surface area contributed by atoms with Crippen LogP contribution in [0.1, 0.15) is 24.0 Å². The number of aliphatic hydroxyl groups is 1. The summed E-state index contributed by atoms with van der Waals surface area (Å²) in [7, 11) is 1.57. The molecular weight excluding hydrogens is 387 g/mol. The van der Waals surface area contributed by atoms with Crippen molar-refractivity contribution < 1.29 is 23.8 Å². The van der Waals surface area contributed by atoms with Crippen molar-refractivity contribution in [2.24, 2.45) is 0 Å². The Balaban J connectivity index is 1.65. The van der Waals surface area contributed by atoms with Crippen LogP contribution in [0.15, 0.2) is 36.4 Å². The van der Waals surface area contributed by atoms with Gasteiger partial charge in [-0.1, -0.05) is 17.7 Å². The van der Waals surface area contributed by atoms with Gasteiger partial charge in [-0.05, 0) is 60.7 Å². The average molecular weight is 407 g/mol. The minimum Gasteiger partial charge on any atom is -0.497 e. The second-order valence-corrected chi connectivity index (χ2v) is 7.08. The third-order valence-corrected chi connectivity index (χ3v) is 5.06. The first-order chi connectivity index (χ1) is 13.3. The lowest BCUT2D eigenvalue weighted by molar-refractivity contribution is -0.137. The van der Waals surface area contributed by atoms with E-state index in [9.17, 15) is 19.1 Å². The van der Waals surface area contributed by atoms with E-state index in [1.807, 2.05) is 6.07 Å². The van der Waals surface area contributed by atoms with Crippen molar-refractivity contribution in [3.05, 3.63) is 58.4 Å². The van der Waals surface area contributed by atoms with E-state index < -0.39 is 23.2 Å². The van der Waals surface area contributed by atoms with Gasteiger partial charge in [-0.3, -0.25) is 9.59 Å². The molecule has 0 unspecified atom stereocenters. The van der Waals surface area contributed by atoms with Crippen LogP contribution in [0.4, 0.5) is 10.1 Å². The molecule has 0 spiro atoms. The minimum absolute atomic E-state index is 0.108. The summed E-state index contributed by atoms with van der Waals surface area (Å²) in [6.45, 7) is -0.108. The topological polar surface area (TPSA) is 87.7 Å². The van der Waals surface area contributed by atoms with Gasteiger partial charge in [0, 0.05) is 5.69 Å². The first-order valence-electron chi connectivity index (χ1n) is 8.76. The van der Waals surface area contributed by atoms with Gasteiger partial charge < -0.3 is 20.5 Å². The molecule has 0 saturated carbocycles. The smallest absolute Gasteiger partial charge is 0.313 e. The second-order valence-electron chi connectivity index (χ2n) is 6.67. The Morgan fingerprint density at radius 1 is 1.25 bits per heavy atom. The quantitative estimate of drug-likeness (QED) is 0.681. The first-order valence-corrected chi connectivity index (χ1v) is 9.14. The van der Waals surface area contributed by atoms with Gasteiger partial charge in [0.1, 0.15) is 17.2 Å². The number of carbonyl (C=O) groups is 2. The summed E-state index contributed by atoms with van der Waals surface area (Å²) in [6.07, 6.45) is 2.00. The van der Waals surface area contributed by atoms with E-state index in [1.54, 1.807) is 19.2 Å². The van der Waals surface area contributed by atoms with Crippen molar-refractivity contribution in [2.75, 3.05) is 19.0 Å². The number of ether oxygens (including phenoxy) is 1. The molecule has 1 atom stereocenters. The summed E-state index contributed by atoms with van der Waals surface area (Å²) >= 11 is 5.66. The molecule has 0 heterocycles. The largest absolute Gasteiger partial charge is 0.497 e. The fourth-order valence-corrected chi connectivity index (χ4v) is 3.50. The normalized spacial score (nSPS) is 18.1. The molecule has 1 aliphatic carbocycles. The van der Waals surface area contributed by atoms with Crippen LogP contribution in [0.2, 0.25) is 5.02 Å². The minimum atomic E-state index is -1.27. The van der Waals surface area contributed by atoms with E-state index in [0.717, 1.165) is 24.5 Å². The number of nitrogens with one attached hydrogen (secondary N) is 2. The number of aryl methyl sites for hydroxylation is 1. The predicted molar refractivity (Wildman–Crippen MR) is 103 cm³/mol. The number of anilines is 1. The highest BCUT2D eigenvalue weighted by atomic mass is 35.5. The highest BCUT2D eigenvalue weighted by molar-refractivity contribution is 6.39. The van der Waals surface area contributed by atoms with Crippen LogP contribution < -0.4 is 15.4 Å². The third kappa shape index (κ3) is 4.26. The number of fused-ring (bicyclic) bond motifs is 1. The zero-order chi connectivity index (χ0) is 20.3. The molecule has 2 aromatic rings. The SMILES string of the molecule is COc1ccc2c(c1)CCC[C@]2(O)CNC(=O)C(=O)Nc1ccc(F)c(Cl)c1. The Morgan fingerprint density at radius 2 is 2.04 bits per heavy atom. The van der Waals surface area contributed by atoms with E-state index in [2.05, 4.69) is 10.6 Å². The summed E-state index contributed by atoms with van der Waals surface area (Å²) in [5, 5.41) is 15.7. The van der Waals surface area contributed by atoms with Crippen LogP contribution in [0.3, 0.4) is 0 Å². The molecule has 0 bridgehead atoms. The van der Waals surface area contributed by atoms with Gasteiger partial charge in [-0.2, -0.15) is 0 Å². The van der Waals surface area contributed by atoms with Gasteiger partial charge >= 0.3 is 11.8 Å². The van der Waals surface area contributed by atoms with Crippen LogP contribution >= 0.6 is 11.6 Å². The third-order valence-electron chi connectivity index (χ3n) is 4.78. The predicted octanol–water partition coefficient (Wildman–Crippen LogP) is 2.77. The number of amides is 2. The second kappa shape index (κ2) is 8.16. The molecular formula is C20H20ClFN2O4. The number of halogens is 2. The number of hydrogen-bond donors (Lipinski definition) is 3. The molecule has 0 aliphatic heterocycles. The van der Waals surface area contributed by atoms with Gasteiger partial charge in [0.25, 0.3) is 0 Å². The van der Waals surface area contributed by atoms with E-state index >= 15 is 0 Å². The maximum atomic E-state index is 13.2. The molecule has 2 aromatic carbocycles. The molecule has 0 fully saturated rings. The van der Waals surface area contributed by atoms with Crippen molar-refractivity contribution >= 4 is 29.1 Å². The summed E-state index contributed by atoms with van der Waals surface area (Å²) in [4.78, 5) is 24.2. The summed E-state index contributed by atoms with van der Waals surface area (Å²) in [5.74, 6) is -1.77. The Morgan fingerprint density at radius 3 is 2.75 bits per heavy atom. The van der Waals surface area contributed by atoms with Crippen molar-refractivity contribution in [3.63, 3.8) is 0 Å². The molecule has 0 radical (unpaired) electrons. The maximum Gasteiger partial charge on any atom is 0.313 e. The highest BCUT2D eigenvalue weighted by Crippen LogP contribution is 2.36. The summed E-state index contributed by atoms with van der Waals surface area (Å²) < 4.78 is 18.4. The van der Waals surface area contributed by atoms with Crippen molar-refractivity contribution in [2.45, 2.75) is 24.9 Å². The number of methoxy groups -OCH3 is 1. The number of rotatable bonds is 4. The molecule has 0 aromatic heterocycles. The lowest BCUT2D eigenvalue weighted by Crippen LogP contribution is -2.46. The molecule has 1 aliphatic rings. The lowest BCUT2D eigenvalue weighted by atomic mass is 9.79. The van der Waals surface area contributed by atoms with Gasteiger partial charge in [-0.15, -0.1) is 0 Å². The standard InChI is InChI=1S/C20H20ClFN2O4/c1-28-14-5-6-15-12(9-14)3-2-8-20(15,27)11-23-18(25)19(26)24-13-4-7-17(22)16(21)10-13/h4-7,9-10,27H,2-3,8,11H2,1H3,(H,23,25)(H,24,26)/t20-/m0/s1. The highest BCUT2D eigenvalue weighted by Gasteiger charge is 2.35. The van der Waals surface area contributed by atoms with E-state index in [1.165, 1.54) is 12.1 Å². The fourth-order valence-electron chi connectivity index (χ4n) is 3.32. The molecule has 0 saturated heterocycles. The van der Waals surface area contributed by atoms with Crippen LogP contribution in [-0.2, 0) is 21.6 Å². The Kier molecular flexibility index (Phi) is 5.86. The van der Waals surface area contributed by atoms with Crippen LogP contribution in [0.5, 0.6) is 5.75 Å². The van der Waals surface area contributed by atoms with Gasteiger partial charge in [0.05, 0.1) is 18.7 Å². The first kappa shape index (κ1) is 20.1. The molecule has 2 amide bonds. The molecule has 3 N–H and O–H groups in total.